The molecule has 2 aromatic carbocycles. The summed E-state index contributed by atoms with van der Waals surface area (Å²) in [6.45, 7) is 1.96. The zero-order valence-corrected chi connectivity index (χ0v) is 13.4. The Morgan fingerprint density at radius 2 is 2.00 bits per heavy atom. The number of carbonyl (C=O) groups is 1. The van der Waals surface area contributed by atoms with Gasteiger partial charge in [0.1, 0.15) is 5.75 Å². The second kappa shape index (κ2) is 6.29. The van der Waals surface area contributed by atoms with Gasteiger partial charge in [-0.2, -0.15) is 0 Å². The molecule has 2 aromatic rings. The van der Waals surface area contributed by atoms with Gasteiger partial charge >= 0.3 is 0 Å². The molecule has 3 nitrogen and oxygen atoms in total. The van der Waals surface area contributed by atoms with Gasteiger partial charge in [0.25, 0.3) is 5.91 Å². The highest BCUT2D eigenvalue weighted by atomic mass is 79.9. The monoisotopic (exact) mass is 353 g/mol. The Bertz CT molecular complexity index is 638. The number of halogens is 2. The first-order valence-corrected chi connectivity index (χ1v) is 7.09. The highest BCUT2D eigenvalue weighted by Crippen LogP contribution is 2.25. The largest absolute Gasteiger partial charge is 0.496 e. The van der Waals surface area contributed by atoms with E-state index < -0.39 is 0 Å². The third-order valence-electron chi connectivity index (χ3n) is 2.71. The van der Waals surface area contributed by atoms with Gasteiger partial charge in [-0.3, -0.25) is 4.79 Å². The molecule has 5 heteroatoms. The number of anilines is 1. The molecule has 0 aliphatic carbocycles. The lowest BCUT2D eigenvalue weighted by molar-refractivity contribution is 0.102. The smallest absolute Gasteiger partial charge is 0.259 e. The van der Waals surface area contributed by atoms with Crippen LogP contribution in [0.2, 0.25) is 5.02 Å². The highest BCUT2D eigenvalue weighted by Gasteiger charge is 2.13. The second-order valence-electron chi connectivity index (χ2n) is 4.32. The van der Waals surface area contributed by atoms with Gasteiger partial charge in [-0.1, -0.05) is 27.5 Å². The van der Waals surface area contributed by atoms with Crippen molar-refractivity contribution in [2.75, 3.05) is 12.4 Å². The van der Waals surface area contributed by atoms with Crippen LogP contribution in [-0.4, -0.2) is 13.0 Å². The van der Waals surface area contributed by atoms with Crippen molar-refractivity contribution in [1.82, 2.24) is 0 Å². The number of nitrogens with one attached hydrogen (secondary N) is 1. The van der Waals surface area contributed by atoms with E-state index in [4.69, 9.17) is 16.3 Å². The molecule has 0 bridgehead atoms. The average molecular weight is 355 g/mol. The number of rotatable bonds is 3. The zero-order chi connectivity index (χ0) is 14.7. The van der Waals surface area contributed by atoms with Gasteiger partial charge in [0.05, 0.1) is 12.7 Å². The van der Waals surface area contributed by atoms with Crippen LogP contribution in [0.1, 0.15) is 15.9 Å². The summed E-state index contributed by atoms with van der Waals surface area (Å²) in [6, 6.07) is 10.6. The van der Waals surface area contributed by atoms with Crippen LogP contribution in [0.15, 0.2) is 40.9 Å². The summed E-state index contributed by atoms with van der Waals surface area (Å²) in [5.41, 5.74) is 2.21. The van der Waals surface area contributed by atoms with Gasteiger partial charge in [-0.15, -0.1) is 0 Å². The zero-order valence-electron chi connectivity index (χ0n) is 11.0. The van der Waals surface area contributed by atoms with Crippen LogP contribution in [0.3, 0.4) is 0 Å². The van der Waals surface area contributed by atoms with Crippen LogP contribution in [-0.2, 0) is 0 Å². The molecule has 0 heterocycles. The molecular formula is C15H13BrClNO2. The molecule has 0 unspecified atom stereocenters. The number of amides is 1. The first-order valence-electron chi connectivity index (χ1n) is 5.91. The van der Waals surface area contributed by atoms with Crippen LogP contribution < -0.4 is 10.1 Å². The Kier molecular flexibility index (Phi) is 4.68. The molecule has 20 heavy (non-hydrogen) atoms. The molecule has 0 spiro atoms. The SMILES string of the molecule is COc1cc(Cl)ccc1C(=O)Nc1cc(C)cc(Br)c1. The lowest BCUT2D eigenvalue weighted by atomic mass is 10.1. The number of aryl methyl sites for hydroxylation is 1. The lowest BCUT2D eigenvalue weighted by Gasteiger charge is -2.10. The Hall–Kier alpha value is -1.52. The summed E-state index contributed by atoms with van der Waals surface area (Å²) < 4.78 is 6.09. The van der Waals surface area contributed by atoms with E-state index in [-0.39, 0.29) is 5.91 Å². The number of ether oxygens (including phenoxy) is 1. The van der Waals surface area contributed by atoms with Crippen LogP contribution in [0.25, 0.3) is 0 Å². The van der Waals surface area contributed by atoms with E-state index in [1.807, 2.05) is 25.1 Å². The molecule has 0 fully saturated rings. The summed E-state index contributed by atoms with van der Waals surface area (Å²) in [4.78, 5) is 12.3. The number of hydrogen-bond acceptors (Lipinski definition) is 2. The first-order chi connectivity index (χ1) is 9.49. The summed E-state index contributed by atoms with van der Waals surface area (Å²) in [5, 5.41) is 3.37. The first kappa shape index (κ1) is 14.9. The molecule has 2 rings (SSSR count). The second-order valence-corrected chi connectivity index (χ2v) is 5.67. The summed E-state index contributed by atoms with van der Waals surface area (Å²) in [5.74, 6) is 0.206. The Balaban J connectivity index is 2.28. The summed E-state index contributed by atoms with van der Waals surface area (Å²) in [6.07, 6.45) is 0. The normalized spacial score (nSPS) is 10.2. The van der Waals surface area contributed by atoms with Crippen LogP contribution in [0.5, 0.6) is 5.75 Å². The fourth-order valence-corrected chi connectivity index (χ4v) is 2.63. The van der Waals surface area contributed by atoms with E-state index >= 15 is 0 Å². The average Bonchev–Trinajstić information content (AvgIpc) is 2.37. The molecule has 0 aliphatic rings. The predicted molar refractivity (Wildman–Crippen MR) is 84.8 cm³/mol. The molecule has 0 radical (unpaired) electrons. The minimum atomic E-state index is -0.240. The number of methoxy groups -OCH3 is 1. The van der Waals surface area contributed by atoms with Crippen molar-refractivity contribution >= 4 is 39.1 Å². The molecule has 0 aliphatic heterocycles. The van der Waals surface area contributed by atoms with E-state index in [1.54, 1.807) is 18.2 Å². The standard InChI is InChI=1S/C15H13BrClNO2/c1-9-5-10(16)7-12(6-9)18-15(19)13-4-3-11(17)8-14(13)20-2/h3-8H,1-2H3,(H,18,19). The van der Waals surface area contributed by atoms with Crippen molar-refractivity contribution in [3.8, 4) is 5.75 Å². The fourth-order valence-electron chi connectivity index (χ4n) is 1.86. The maximum Gasteiger partial charge on any atom is 0.259 e. The molecule has 0 atom stereocenters. The van der Waals surface area contributed by atoms with Crippen LogP contribution in [0.4, 0.5) is 5.69 Å². The number of benzene rings is 2. The minimum Gasteiger partial charge on any atom is -0.496 e. The molecule has 104 valence electrons. The highest BCUT2D eigenvalue weighted by molar-refractivity contribution is 9.10. The maximum atomic E-state index is 12.3. The Labute approximate surface area is 131 Å². The quantitative estimate of drug-likeness (QED) is 0.869. The summed E-state index contributed by atoms with van der Waals surface area (Å²) >= 11 is 9.29. The van der Waals surface area contributed by atoms with Gasteiger partial charge in [0, 0.05) is 15.2 Å². The fraction of sp³-hybridized carbons (Fsp3) is 0.133. The van der Waals surface area contributed by atoms with Crippen molar-refractivity contribution in [3.63, 3.8) is 0 Å². The van der Waals surface area contributed by atoms with Crippen molar-refractivity contribution in [2.45, 2.75) is 6.92 Å². The van der Waals surface area contributed by atoms with Gasteiger partial charge in [0.2, 0.25) is 0 Å². The minimum absolute atomic E-state index is 0.240. The Morgan fingerprint density at radius 1 is 1.25 bits per heavy atom. The molecule has 0 aromatic heterocycles. The van der Waals surface area contributed by atoms with E-state index in [9.17, 15) is 4.79 Å². The lowest BCUT2D eigenvalue weighted by Crippen LogP contribution is -2.13. The van der Waals surface area contributed by atoms with Crippen molar-refractivity contribution in [1.29, 1.82) is 0 Å². The topological polar surface area (TPSA) is 38.3 Å². The van der Waals surface area contributed by atoms with E-state index in [0.717, 1.165) is 15.7 Å². The molecule has 0 saturated heterocycles. The van der Waals surface area contributed by atoms with Crippen molar-refractivity contribution in [3.05, 3.63) is 57.0 Å². The molecular weight excluding hydrogens is 342 g/mol. The van der Waals surface area contributed by atoms with E-state index in [1.165, 1.54) is 7.11 Å². The van der Waals surface area contributed by atoms with Gasteiger partial charge in [-0.05, 0) is 48.9 Å². The van der Waals surface area contributed by atoms with Crippen LogP contribution >= 0.6 is 27.5 Å². The molecule has 1 amide bonds. The number of hydrogen-bond donors (Lipinski definition) is 1. The van der Waals surface area contributed by atoms with Gasteiger partial charge in [-0.25, -0.2) is 0 Å². The third kappa shape index (κ3) is 3.52. The van der Waals surface area contributed by atoms with Gasteiger partial charge < -0.3 is 10.1 Å². The molecule has 1 N–H and O–H groups in total. The van der Waals surface area contributed by atoms with Crippen molar-refractivity contribution < 1.29 is 9.53 Å². The van der Waals surface area contributed by atoms with E-state index in [2.05, 4.69) is 21.2 Å². The van der Waals surface area contributed by atoms with E-state index in [0.29, 0.717) is 16.3 Å². The van der Waals surface area contributed by atoms with Crippen LogP contribution in [0, 0.1) is 6.92 Å². The Morgan fingerprint density at radius 3 is 2.65 bits per heavy atom. The molecule has 0 saturated carbocycles. The number of carbonyl (C=O) groups excluding carboxylic acids is 1. The van der Waals surface area contributed by atoms with Crippen molar-refractivity contribution in [2.24, 2.45) is 0 Å². The summed E-state index contributed by atoms with van der Waals surface area (Å²) in [7, 11) is 1.51. The van der Waals surface area contributed by atoms with Gasteiger partial charge in [0.15, 0.2) is 0 Å². The third-order valence-corrected chi connectivity index (χ3v) is 3.40. The maximum absolute atomic E-state index is 12.3. The predicted octanol–water partition coefficient (Wildman–Crippen LogP) is 4.67.